The van der Waals surface area contributed by atoms with Crippen molar-refractivity contribution in [1.82, 2.24) is 0 Å². The number of allylic oxidation sites excluding steroid dienone is 4. The van der Waals surface area contributed by atoms with Crippen LogP contribution in [0.4, 0.5) is 4.39 Å². The van der Waals surface area contributed by atoms with Gasteiger partial charge in [0.15, 0.2) is 18.4 Å². The van der Waals surface area contributed by atoms with Gasteiger partial charge in [0.2, 0.25) is 0 Å². The second-order valence-corrected chi connectivity index (χ2v) is 4.61. The Morgan fingerprint density at radius 2 is 2.12 bits per heavy atom. The van der Waals surface area contributed by atoms with Crippen LogP contribution in [-0.2, 0) is 19.1 Å². The summed E-state index contributed by atoms with van der Waals surface area (Å²) in [5.41, 5.74) is 0.194. The van der Waals surface area contributed by atoms with Crippen molar-refractivity contribution < 1.29 is 28.6 Å². The molecule has 6 heteroatoms. The SMILES string of the molecule is C=C/C=C\C(=C/C)C(F)C(O)C1OC(=O)C=CC1OC(C)=O.CC. The van der Waals surface area contributed by atoms with Crippen molar-refractivity contribution in [2.75, 3.05) is 0 Å². The molecule has 0 aromatic heterocycles. The lowest BCUT2D eigenvalue weighted by atomic mass is 9.96. The maximum Gasteiger partial charge on any atom is 0.331 e. The van der Waals surface area contributed by atoms with Crippen molar-refractivity contribution in [2.45, 2.75) is 52.2 Å². The normalized spacial score (nSPS) is 22.9. The summed E-state index contributed by atoms with van der Waals surface area (Å²) >= 11 is 0. The summed E-state index contributed by atoms with van der Waals surface area (Å²) in [6.07, 6.45) is 2.40. The topological polar surface area (TPSA) is 72.8 Å². The molecule has 1 aliphatic rings. The Labute approximate surface area is 142 Å². The highest BCUT2D eigenvalue weighted by atomic mass is 19.1. The second kappa shape index (κ2) is 11.3. The maximum atomic E-state index is 14.4. The van der Waals surface area contributed by atoms with Gasteiger partial charge in [0, 0.05) is 13.0 Å². The number of halogens is 1. The Hall–Kier alpha value is -2.21. The first-order valence-corrected chi connectivity index (χ1v) is 7.74. The first kappa shape index (κ1) is 21.8. The largest absolute Gasteiger partial charge is 0.454 e. The van der Waals surface area contributed by atoms with E-state index in [-0.39, 0.29) is 5.57 Å². The highest BCUT2D eigenvalue weighted by Crippen LogP contribution is 2.23. The number of aliphatic hydroxyl groups is 1. The van der Waals surface area contributed by atoms with Gasteiger partial charge in [-0.3, -0.25) is 4.79 Å². The number of hydrogen-bond acceptors (Lipinski definition) is 5. The smallest absolute Gasteiger partial charge is 0.331 e. The molecule has 0 bridgehead atoms. The number of esters is 2. The minimum absolute atomic E-state index is 0.194. The van der Waals surface area contributed by atoms with Gasteiger partial charge < -0.3 is 14.6 Å². The molecule has 24 heavy (non-hydrogen) atoms. The van der Waals surface area contributed by atoms with Gasteiger partial charge in [-0.25, -0.2) is 9.18 Å². The average molecular weight is 340 g/mol. The van der Waals surface area contributed by atoms with Crippen LogP contribution < -0.4 is 0 Å². The number of cyclic esters (lactones) is 1. The van der Waals surface area contributed by atoms with E-state index in [2.05, 4.69) is 6.58 Å². The summed E-state index contributed by atoms with van der Waals surface area (Å²) in [7, 11) is 0. The molecule has 0 amide bonds. The Balaban J connectivity index is 0.00000254. The first-order valence-electron chi connectivity index (χ1n) is 7.74. The zero-order valence-electron chi connectivity index (χ0n) is 14.4. The van der Waals surface area contributed by atoms with Crippen LogP contribution in [0.1, 0.15) is 27.7 Å². The minimum atomic E-state index is -1.82. The fourth-order valence-corrected chi connectivity index (χ4v) is 1.98. The van der Waals surface area contributed by atoms with Crippen LogP contribution >= 0.6 is 0 Å². The van der Waals surface area contributed by atoms with Gasteiger partial charge >= 0.3 is 11.9 Å². The molecule has 1 rings (SSSR count). The van der Waals surface area contributed by atoms with Crippen LogP contribution in [0.15, 0.2) is 48.6 Å². The lowest BCUT2D eigenvalue weighted by molar-refractivity contribution is -0.173. The van der Waals surface area contributed by atoms with Crippen molar-refractivity contribution in [1.29, 1.82) is 0 Å². The number of hydrogen-bond donors (Lipinski definition) is 1. The average Bonchev–Trinajstić information content (AvgIpc) is 2.57. The summed E-state index contributed by atoms with van der Waals surface area (Å²) < 4.78 is 24.3. The molecule has 5 nitrogen and oxygen atoms in total. The van der Waals surface area contributed by atoms with Gasteiger partial charge in [-0.2, -0.15) is 0 Å². The Kier molecular flexibility index (Phi) is 10.3. The fraction of sp³-hybridized carbons (Fsp3) is 0.444. The highest BCUT2D eigenvalue weighted by molar-refractivity contribution is 5.83. The van der Waals surface area contributed by atoms with Gasteiger partial charge in [0.25, 0.3) is 0 Å². The Bertz CT molecular complexity index is 522. The number of rotatable bonds is 6. The van der Waals surface area contributed by atoms with Gasteiger partial charge in [-0.05, 0) is 18.6 Å². The van der Waals surface area contributed by atoms with Crippen LogP contribution in [0.3, 0.4) is 0 Å². The van der Waals surface area contributed by atoms with Crippen LogP contribution in [0.25, 0.3) is 0 Å². The van der Waals surface area contributed by atoms with Crippen molar-refractivity contribution in [3.8, 4) is 0 Å². The predicted octanol–water partition coefficient (Wildman–Crippen LogP) is 2.81. The molecule has 0 spiro atoms. The molecule has 0 radical (unpaired) electrons. The third-order valence-corrected chi connectivity index (χ3v) is 3.01. The standard InChI is InChI=1S/C16H19FO5.C2H6/c1-4-6-7-11(5-2)14(17)15(20)16-12(21-10(3)18)8-9-13(19)22-16;1-2/h4-9,12,14-16,20H,1H2,2-3H3;1-2H3/b7-6-,11-5+;. The molecule has 1 aliphatic heterocycles. The van der Waals surface area contributed by atoms with Crippen molar-refractivity contribution in [2.24, 2.45) is 0 Å². The molecule has 0 saturated heterocycles. The van der Waals surface area contributed by atoms with Gasteiger partial charge in [0.1, 0.15) is 6.10 Å². The lowest BCUT2D eigenvalue weighted by Gasteiger charge is -2.32. The van der Waals surface area contributed by atoms with E-state index in [1.165, 1.54) is 37.3 Å². The molecule has 1 heterocycles. The van der Waals surface area contributed by atoms with E-state index in [9.17, 15) is 19.1 Å². The summed E-state index contributed by atoms with van der Waals surface area (Å²) in [4.78, 5) is 22.4. The molecule has 4 atom stereocenters. The maximum absolute atomic E-state index is 14.4. The fourth-order valence-electron chi connectivity index (χ4n) is 1.98. The number of aliphatic hydroxyl groups excluding tert-OH is 1. The van der Waals surface area contributed by atoms with E-state index in [1.807, 2.05) is 13.8 Å². The Morgan fingerprint density at radius 1 is 1.50 bits per heavy atom. The predicted molar refractivity (Wildman–Crippen MR) is 89.9 cm³/mol. The molecule has 4 unspecified atom stereocenters. The summed E-state index contributed by atoms with van der Waals surface area (Å²) in [5, 5.41) is 10.2. The highest BCUT2D eigenvalue weighted by Gasteiger charge is 2.40. The summed E-state index contributed by atoms with van der Waals surface area (Å²) in [5.74, 6) is -1.36. The van der Waals surface area contributed by atoms with Crippen molar-refractivity contribution >= 4 is 11.9 Å². The molecular weight excluding hydrogens is 315 g/mol. The monoisotopic (exact) mass is 340 g/mol. The Morgan fingerprint density at radius 3 is 2.62 bits per heavy atom. The minimum Gasteiger partial charge on any atom is -0.454 e. The van der Waals surface area contributed by atoms with E-state index in [4.69, 9.17) is 9.47 Å². The van der Waals surface area contributed by atoms with Crippen molar-refractivity contribution in [3.05, 3.63) is 48.6 Å². The van der Waals surface area contributed by atoms with Gasteiger partial charge in [-0.15, -0.1) is 0 Å². The van der Waals surface area contributed by atoms with E-state index >= 15 is 0 Å². The number of alkyl halides is 1. The zero-order chi connectivity index (χ0) is 18.7. The zero-order valence-corrected chi connectivity index (χ0v) is 14.4. The van der Waals surface area contributed by atoms with Crippen LogP contribution in [0, 0.1) is 0 Å². The quantitative estimate of drug-likeness (QED) is 0.594. The van der Waals surface area contributed by atoms with E-state index in [1.54, 1.807) is 6.92 Å². The second-order valence-electron chi connectivity index (χ2n) is 4.61. The van der Waals surface area contributed by atoms with Crippen LogP contribution in [-0.4, -0.2) is 41.5 Å². The van der Waals surface area contributed by atoms with Crippen LogP contribution in [0.5, 0.6) is 0 Å². The van der Waals surface area contributed by atoms with Gasteiger partial charge in [0.05, 0.1) is 0 Å². The number of ether oxygens (including phenoxy) is 2. The molecule has 0 fully saturated rings. The molecule has 1 N–H and O–H groups in total. The third kappa shape index (κ3) is 6.50. The van der Waals surface area contributed by atoms with E-state index in [0.717, 1.165) is 6.08 Å². The molecular formula is C18H25FO5. The summed E-state index contributed by atoms with van der Waals surface area (Å²) in [6.45, 7) is 10.3. The van der Waals surface area contributed by atoms with E-state index in [0.29, 0.717) is 0 Å². The molecule has 134 valence electrons. The third-order valence-electron chi connectivity index (χ3n) is 3.01. The molecule has 0 aliphatic carbocycles. The number of carbonyl (C=O) groups excluding carboxylic acids is 2. The molecule has 0 saturated carbocycles. The first-order chi connectivity index (χ1) is 11.4. The lowest BCUT2D eigenvalue weighted by Crippen LogP contribution is -2.48. The van der Waals surface area contributed by atoms with Crippen molar-refractivity contribution in [3.63, 3.8) is 0 Å². The summed E-state index contributed by atoms with van der Waals surface area (Å²) in [6, 6.07) is 0. The molecule has 0 aromatic carbocycles. The number of carbonyl (C=O) groups is 2. The van der Waals surface area contributed by atoms with Gasteiger partial charge in [-0.1, -0.05) is 44.7 Å². The van der Waals surface area contributed by atoms with E-state index < -0.39 is 36.4 Å². The molecule has 0 aromatic rings. The van der Waals surface area contributed by atoms with Crippen LogP contribution in [0.2, 0.25) is 0 Å².